The molecule has 3 heterocycles. The van der Waals surface area contributed by atoms with Crippen molar-refractivity contribution in [3.8, 4) is 0 Å². The van der Waals surface area contributed by atoms with Gasteiger partial charge in [-0.15, -0.1) is 0 Å². The van der Waals surface area contributed by atoms with Crippen molar-refractivity contribution in [3.05, 3.63) is 94.9 Å². The van der Waals surface area contributed by atoms with Crippen LogP contribution in [0.1, 0.15) is 10.4 Å². The van der Waals surface area contributed by atoms with Crippen molar-refractivity contribution in [1.82, 2.24) is 19.7 Å². The van der Waals surface area contributed by atoms with E-state index in [0.29, 0.717) is 22.3 Å². The molecule has 0 spiro atoms. The first kappa shape index (κ1) is 18.7. The fraction of sp³-hybridized carbons (Fsp3) is 0.0435. The predicted molar refractivity (Wildman–Crippen MR) is 116 cm³/mol. The molecule has 0 radical (unpaired) electrons. The summed E-state index contributed by atoms with van der Waals surface area (Å²) in [4.78, 5) is 31.8. The number of rotatable bonds is 5. The molecule has 0 aliphatic carbocycles. The largest absolute Gasteiger partial charge is 0.352 e. The van der Waals surface area contributed by atoms with Gasteiger partial charge in [0.15, 0.2) is 5.78 Å². The van der Waals surface area contributed by atoms with Gasteiger partial charge in [-0.25, -0.2) is 9.37 Å². The first-order chi connectivity index (χ1) is 15.1. The molecular formula is C23H16FN5O2. The molecule has 0 unspecified atom stereocenters. The van der Waals surface area contributed by atoms with Crippen molar-refractivity contribution >= 4 is 39.0 Å². The van der Waals surface area contributed by atoms with E-state index in [2.05, 4.69) is 20.4 Å². The second-order valence-electron chi connectivity index (χ2n) is 7.06. The lowest BCUT2D eigenvalue weighted by atomic mass is 10.1. The second kappa shape index (κ2) is 7.49. The van der Waals surface area contributed by atoms with Crippen molar-refractivity contribution in [2.24, 2.45) is 0 Å². The van der Waals surface area contributed by atoms with Gasteiger partial charge in [0.25, 0.3) is 5.56 Å². The number of carbonyl (C=O) groups is 1. The van der Waals surface area contributed by atoms with E-state index < -0.39 is 0 Å². The second-order valence-corrected chi connectivity index (χ2v) is 7.06. The Labute approximate surface area is 175 Å². The van der Waals surface area contributed by atoms with E-state index in [1.54, 1.807) is 24.7 Å². The minimum atomic E-state index is -0.388. The number of ketones is 1. The van der Waals surface area contributed by atoms with Crippen LogP contribution in [-0.2, 0) is 6.54 Å². The van der Waals surface area contributed by atoms with Crippen LogP contribution in [0.2, 0.25) is 0 Å². The summed E-state index contributed by atoms with van der Waals surface area (Å²) in [6.07, 6.45) is 4.93. The van der Waals surface area contributed by atoms with E-state index in [9.17, 15) is 14.0 Å². The number of pyridine rings is 2. The molecule has 0 bridgehead atoms. The van der Waals surface area contributed by atoms with Crippen LogP contribution < -0.4 is 10.9 Å². The normalized spacial score (nSPS) is 11.1. The van der Waals surface area contributed by atoms with Crippen LogP contribution in [0.5, 0.6) is 0 Å². The molecule has 5 rings (SSSR count). The molecule has 31 heavy (non-hydrogen) atoms. The molecule has 0 aliphatic rings. The maximum atomic E-state index is 13.1. The summed E-state index contributed by atoms with van der Waals surface area (Å²) < 4.78 is 14.6. The molecule has 0 saturated heterocycles. The molecule has 7 nitrogen and oxygen atoms in total. The number of halogens is 1. The molecule has 0 saturated carbocycles. The average molecular weight is 413 g/mol. The van der Waals surface area contributed by atoms with E-state index in [1.807, 2.05) is 24.3 Å². The molecule has 0 fully saturated rings. The highest BCUT2D eigenvalue weighted by Crippen LogP contribution is 2.29. The predicted octanol–water partition coefficient (Wildman–Crippen LogP) is 4.04. The monoisotopic (exact) mass is 413 g/mol. The summed E-state index contributed by atoms with van der Waals surface area (Å²) in [5.74, 6) is -0.562. The lowest BCUT2D eigenvalue weighted by molar-refractivity contribution is 0.0967. The van der Waals surface area contributed by atoms with E-state index in [0.717, 1.165) is 16.5 Å². The summed E-state index contributed by atoms with van der Waals surface area (Å²) in [5.41, 5.74) is 2.13. The van der Waals surface area contributed by atoms with E-state index in [1.165, 1.54) is 28.9 Å². The standard InChI is InChI=1S/C23H16FN5O2/c24-15-7-5-14(6-8-15)20(30)13-29-12-16(11-26-29)27-19-9-10-25-22-21(19)17-3-1-2-4-18(17)23(31)28-22/h1-12H,13H2,(H2,25,27,28,31). The Morgan fingerprint density at radius 1 is 1.06 bits per heavy atom. The maximum absolute atomic E-state index is 13.1. The number of aromatic amines is 1. The minimum Gasteiger partial charge on any atom is -0.352 e. The topological polar surface area (TPSA) is 92.7 Å². The Bertz CT molecular complexity index is 1490. The summed E-state index contributed by atoms with van der Waals surface area (Å²) in [6, 6.07) is 14.6. The number of hydrogen-bond acceptors (Lipinski definition) is 5. The lowest BCUT2D eigenvalue weighted by Gasteiger charge is -2.10. The zero-order valence-corrected chi connectivity index (χ0v) is 16.2. The Kier molecular flexibility index (Phi) is 4.51. The smallest absolute Gasteiger partial charge is 0.257 e. The van der Waals surface area contributed by atoms with Gasteiger partial charge in [0.1, 0.15) is 18.0 Å². The Balaban J connectivity index is 1.45. The van der Waals surface area contributed by atoms with Gasteiger partial charge in [-0.2, -0.15) is 5.10 Å². The quantitative estimate of drug-likeness (QED) is 0.335. The van der Waals surface area contributed by atoms with Gasteiger partial charge in [0, 0.05) is 34.1 Å². The lowest BCUT2D eigenvalue weighted by Crippen LogP contribution is -2.10. The number of Topliss-reactive ketones (excluding diaryl/α,β-unsaturated/α-hetero) is 1. The third-order valence-corrected chi connectivity index (χ3v) is 5.01. The molecule has 2 aromatic carbocycles. The van der Waals surface area contributed by atoms with Crippen LogP contribution >= 0.6 is 0 Å². The van der Waals surface area contributed by atoms with Gasteiger partial charge in [-0.05, 0) is 36.4 Å². The third-order valence-electron chi connectivity index (χ3n) is 5.01. The highest BCUT2D eigenvalue weighted by molar-refractivity contribution is 6.10. The fourth-order valence-corrected chi connectivity index (χ4v) is 3.55. The number of carbonyl (C=O) groups excluding carboxylic acids is 1. The number of fused-ring (bicyclic) bond motifs is 3. The third kappa shape index (κ3) is 3.55. The van der Waals surface area contributed by atoms with Gasteiger partial charge < -0.3 is 10.3 Å². The minimum absolute atomic E-state index is 0.0284. The number of anilines is 2. The van der Waals surface area contributed by atoms with Crippen molar-refractivity contribution in [2.45, 2.75) is 6.54 Å². The molecular weight excluding hydrogens is 397 g/mol. The van der Waals surface area contributed by atoms with E-state index in [-0.39, 0.29) is 23.7 Å². The molecule has 8 heteroatoms. The number of benzene rings is 2. The Hall–Kier alpha value is -4.33. The Morgan fingerprint density at radius 3 is 2.65 bits per heavy atom. The van der Waals surface area contributed by atoms with Crippen LogP contribution in [0.25, 0.3) is 21.8 Å². The van der Waals surface area contributed by atoms with Crippen molar-refractivity contribution < 1.29 is 9.18 Å². The summed E-state index contributed by atoms with van der Waals surface area (Å²) >= 11 is 0. The van der Waals surface area contributed by atoms with Crippen molar-refractivity contribution in [2.75, 3.05) is 5.32 Å². The zero-order valence-electron chi connectivity index (χ0n) is 16.2. The Morgan fingerprint density at radius 2 is 1.84 bits per heavy atom. The average Bonchev–Trinajstić information content (AvgIpc) is 3.21. The van der Waals surface area contributed by atoms with Gasteiger partial charge in [-0.1, -0.05) is 18.2 Å². The first-order valence-corrected chi connectivity index (χ1v) is 9.56. The number of nitrogens with zero attached hydrogens (tertiary/aromatic N) is 3. The van der Waals surface area contributed by atoms with E-state index in [4.69, 9.17) is 0 Å². The number of aromatic nitrogens is 4. The zero-order chi connectivity index (χ0) is 21.4. The molecule has 5 aromatic rings. The summed E-state index contributed by atoms with van der Waals surface area (Å²) in [7, 11) is 0. The van der Waals surface area contributed by atoms with Crippen LogP contribution in [0.15, 0.2) is 78.0 Å². The highest BCUT2D eigenvalue weighted by atomic mass is 19.1. The van der Waals surface area contributed by atoms with Gasteiger partial charge >= 0.3 is 0 Å². The fourth-order valence-electron chi connectivity index (χ4n) is 3.55. The number of hydrogen-bond donors (Lipinski definition) is 2. The number of nitrogens with one attached hydrogen (secondary N) is 2. The molecule has 3 aromatic heterocycles. The first-order valence-electron chi connectivity index (χ1n) is 9.56. The molecule has 152 valence electrons. The summed E-state index contributed by atoms with van der Waals surface area (Å²) in [6.45, 7) is 0.0284. The van der Waals surface area contributed by atoms with Crippen LogP contribution in [0.3, 0.4) is 0 Å². The van der Waals surface area contributed by atoms with Gasteiger partial charge in [-0.3, -0.25) is 14.3 Å². The molecule has 0 amide bonds. The SMILES string of the molecule is O=C(Cn1cc(Nc2ccnc3[nH]c(=O)c4ccccc4c23)cn1)c1ccc(F)cc1. The van der Waals surface area contributed by atoms with Crippen LogP contribution in [0, 0.1) is 5.82 Å². The van der Waals surface area contributed by atoms with Gasteiger partial charge in [0.05, 0.1) is 17.6 Å². The summed E-state index contributed by atoms with van der Waals surface area (Å²) in [5, 5.41) is 9.68. The van der Waals surface area contributed by atoms with Gasteiger partial charge in [0.2, 0.25) is 0 Å². The van der Waals surface area contributed by atoms with Crippen LogP contribution in [-0.4, -0.2) is 25.5 Å². The number of H-pyrrole nitrogens is 1. The molecule has 2 N–H and O–H groups in total. The molecule has 0 atom stereocenters. The van der Waals surface area contributed by atoms with Crippen molar-refractivity contribution in [3.63, 3.8) is 0 Å². The van der Waals surface area contributed by atoms with Crippen LogP contribution in [0.4, 0.5) is 15.8 Å². The molecule has 0 aliphatic heterocycles. The maximum Gasteiger partial charge on any atom is 0.257 e. The van der Waals surface area contributed by atoms with E-state index >= 15 is 0 Å². The highest BCUT2D eigenvalue weighted by Gasteiger charge is 2.12. The van der Waals surface area contributed by atoms with Crippen molar-refractivity contribution in [1.29, 1.82) is 0 Å².